The van der Waals surface area contributed by atoms with Gasteiger partial charge < -0.3 is 11.1 Å². The molecule has 1 heterocycles. The molecular weight excluding hydrogens is 417 g/mol. The summed E-state index contributed by atoms with van der Waals surface area (Å²) in [4.78, 5) is 5.53. The fraction of sp³-hybridized carbons (Fsp3) is 0.267. The van der Waals surface area contributed by atoms with Crippen LogP contribution in [0, 0.1) is 0 Å². The van der Waals surface area contributed by atoms with Gasteiger partial charge >= 0.3 is 0 Å². The van der Waals surface area contributed by atoms with E-state index in [1.807, 2.05) is 24.3 Å². The van der Waals surface area contributed by atoms with Gasteiger partial charge in [0.2, 0.25) is 0 Å². The van der Waals surface area contributed by atoms with Gasteiger partial charge in [-0.2, -0.15) is 0 Å². The molecule has 0 amide bonds. The van der Waals surface area contributed by atoms with E-state index in [0.29, 0.717) is 12.5 Å². The second-order valence-electron chi connectivity index (χ2n) is 4.40. The molecule has 0 aliphatic carbocycles. The Balaban J connectivity index is 0.00000220. The van der Waals surface area contributed by atoms with Crippen molar-refractivity contribution in [2.45, 2.75) is 19.8 Å². The lowest BCUT2D eigenvalue weighted by Crippen LogP contribution is -2.23. The van der Waals surface area contributed by atoms with E-state index in [4.69, 9.17) is 17.3 Å². The number of rotatable bonds is 5. The zero-order valence-electron chi connectivity index (χ0n) is 11.8. The van der Waals surface area contributed by atoms with E-state index >= 15 is 0 Å². The van der Waals surface area contributed by atoms with Crippen molar-refractivity contribution in [3.8, 4) is 0 Å². The SMILES string of the molecule is CCc1ccc(NC(N)=NCCc2ccc(Cl)s2)cc1.I. The van der Waals surface area contributed by atoms with Gasteiger partial charge in [-0.25, -0.2) is 0 Å². The van der Waals surface area contributed by atoms with E-state index in [9.17, 15) is 0 Å². The minimum absolute atomic E-state index is 0. The normalized spacial score (nSPS) is 11.0. The van der Waals surface area contributed by atoms with Crippen LogP contribution in [-0.2, 0) is 12.8 Å². The number of anilines is 1. The Hall–Kier alpha value is -0.790. The summed E-state index contributed by atoms with van der Waals surface area (Å²) in [6, 6.07) is 12.1. The van der Waals surface area contributed by atoms with Crippen LogP contribution in [0.15, 0.2) is 41.4 Å². The minimum Gasteiger partial charge on any atom is -0.370 e. The van der Waals surface area contributed by atoms with Gasteiger partial charge in [-0.05, 0) is 36.2 Å². The maximum Gasteiger partial charge on any atom is 0.193 e. The number of nitrogens with one attached hydrogen (secondary N) is 1. The molecule has 0 aliphatic rings. The third-order valence-corrected chi connectivity index (χ3v) is 4.19. The second kappa shape index (κ2) is 9.27. The molecule has 6 heteroatoms. The van der Waals surface area contributed by atoms with Crippen molar-refractivity contribution in [1.82, 2.24) is 0 Å². The molecule has 3 N–H and O–H groups in total. The monoisotopic (exact) mass is 435 g/mol. The van der Waals surface area contributed by atoms with Gasteiger partial charge in [-0.3, -0.25) is 4.99 Å². The smallest absolute Gasteiger partial charge is 0.193 e. The van der Waals surface area contributed by atoms with Crippen molar-refractivity contribution in [1.29, 1.82) is 0 Å². The zero-order chi connectivity index (χ0) is 14.4. The third kappa shape index (κ3) is 6.23. The molecule has 0 unspecified atom stereocenters. The summed E-state index contributed by atoms with van der Waals surface area (Å²) in [7, 11) is 0. The molecule has 0 atom stereocenters. The summed E-state index contributed by atoms with van der Waals surface area (Å²) in [6.07, 6.45) is 1.89. The largest absolute Gasteiger partial charge is 0.370 e. The van der Waals surface area contributed by atoms with Gasteiger partial charge in [0.05, 0.1) is 4.34 Å². The van der Waals surface area contributed by atoms with Gasteiger partial charge in [0.1, 0.15) is 0 Å². The molecule has 0 bridgehead atoms. The first-order valence-corrected chi connectivity index (χ1v) is 7.77. The quantitative estimate of drug-likeness (QED) is 0.411. The fourth-order valence-corrected chi connectivity index (χ4v) is 2.86. The van der Waals surface area contributed by atoms with Crippen LogP contribution in [0.3, 0.4) is 0 Å². The topological polar surface area (TPSA) is 50.4 Å². The Morgan fingerprint density at radius 3 is 2.52 bits per heavy atom. The summed E-state index contributed by atoms with van der Waals surface area (Å²) < 4.78 is 0.811. The highest BCUT2D eigenvalue weighted by molar-refractivity contribution is 14.0. The molecule has 0 radical (unpaired) electrons. The Morgan fingerprint density at radius 2 is 1.95 bits per heavy atom. The van der Waals surface area contributed by atoms with Crippen LogP contribution in [-0.4, -0.2) is 12.5 Å². The standard InChI is InChI=1S/C15H18ClN3S.HI/c1-2-11-3-5-12(6-4-11)19-15(17)18-10-9-13-7-8-14(16)20-13;/h3-8H,2,9-10H2,1H3,(H3,17,18,19);1H. The van der Waals surface area contributed by atoms with Crippen LogP contribution in [0.2, 0.25) is 4.34 Å². The summed E-state index contributed by atoms with van der Waals surface area (Å²) >= 11 is 7.46. The van der Waals surface area contributed by atoms with Crippen LogP contribution < -0.4 is 11.1 Å². The van der Waals surface area contributed by atoms with Gasteiger partial charge in [0.15, 0.2) is 5.96 Å². The third-order valence-electron chi connectivity index (χ3n) is 2.90. The van der Waals surface area contributed by atoms with E-state index in [1.165, 1.54) is 10.4 Å². The zero-order valence-corrected chi connectivity index (χ0v) is 15.7. The predicted molar refractivity (Wildman–Crippen MR) is 104 cm³/mol. The first kappa shape index (κ1) is 18.3. The van der Waals surface area contributed by atoms with Crippen molar-refractivity contribution in [2.24, 2.45) is 10.7 Å². The Morgan fingerprint density at radius 1 is 1.24 bits per heavy atom. The highest BCUT2D eigenvalue weighted by atomic mass is 127. The number of aliphatic imine (C=N–C) groups is 1. The maximum atomic E-state index is 5.88. The van der Waals surface area contributed by atoms with Crippen molar-refractivity contribution < 1.29 is 0 Å². The van der Waals surface area contributed by atoms with Crippen LogP contribution >= 0.6 is 46.9 Å². The lowest BCUT2D eigenvalue weighted by atomic mass is 10.1. The van der Waals surface area contributed by atoms with E-state index in [1.54, 1.807) is 11.3 Å². The Labute approximate surface area is 151 Å². The molecule has 0 spiro atoms. The average molecular weight is 436 g/mol. The maximum absolute atomic E-state index is 5.88. The van der Waals surface area contributed by atoms with Gasteiger partial charge in [-0.15, -0.1) is 35.3 Å². The molecule has 0 fully saturated rings. The van der Waals surface area contributed by atoms with Crippen LogP contribution in [0.25, 0.3) is 0 Å². The highest BCUT2D eigenvalue weighted by Crippen LogP contribution is 2.21. The summed E-state index contributed by atoms with van der Waals surface area (Å²) in [5.74, 6) is 0.442. The molecule has 114 valence electrons. The molecule has 0 saturated heterocycles. The number of halogens is 2. The lowest BCUT2D eigenvalue weighted by molar-refractivity contribution is 0.983. The van der Waals surface area contributed by atoms with E-state index in [-0.39, 0.29) is 24.0 Å². The minimum atomic E-state index is 0. The predicted octanol–water partition coefficient (Wildman–Crippen LogP) is 4.55. The fourth-order valence-electron chi connectivity index (χ4n) is 1.78. The number of benzene rings is 1. The van der Waals surface area contributed by atoms with Crippen molar-refractivity contribution in [2.75, 3.05) is 11.9 Å². The van der Waals surface area contributed by atoms with Crippen LogP contribution in [0.5, 0.6) is 0 Å². The molecule has 0 saturated carbocycles. The van der Waals surface area contributed by atoms with Crippen molar-refractivity contribution in [3.63, 3.8) is 0 Å². The van der Waals surface area contributed by atoms with E-state index in [0.717, 1.165) is 22.9 Å². The summed E-state index contributed by atoms with van der Waals surface area (Å²) in [5.41, 5.74) is 8.13. The highest BCUT2D eigenvalue weighted by Gasteiger charge is 1.98. The second-order valence-corrected chi connectivity index (χ2v) is 6.20. The summed E-state index contributed by atoms with van der Waals surface area (Å²) in [5, 5.41) is 3.09. The molecule has 2 rings (SSSR count). The summed E-state index contributed by atoms with van der Waals surface area (Å²) in [6.45, 7) is 2.79. The van der Waals surface area contributed by atoms with Crippen LogP contribution in [0.4, 0.5) is 5.69 Å². The number of nitrogens with zero attached hydrogens (tertiary/aromatic N) is 1. The Bertz CT molecular complexity index is 581. The number of guanidine groups is 1. The average Bonchev–Trinajstić information content (AvgIpc) is 2.85. The molecule has 21 heavy (non-hydrogen) atoms. The number of aryl methyl sites for hydroxylation is 1. The van der Waals surface area contributed by atoms with Crippen molar-refractivity contribution in [3.05, 3.63) is 51.2 Å². The molecular formula is C15H19ClIN3S. The molecule has 1 aromatic heterocycles. The number of nitrogens with two attached hydrogens (primary N) is 1. The first-order chi connectivity index (χ1) is 9.67. The lowest BCUT2D eigenvalue weighted by Gasteiger charge is -2.06. The number of thiophene rings is 1. The van der Waals surface area contributed by atoms with E-state index < -0.39 is 0 Å². The molecule has 0 aliphatic heterocycles. The first-order valence-electron chi connectivity index (χ1n) is 6.57. The van der Waals surface area contributed by atoms with E-state index in [2.05, 4.69) is 29.4 Å². The number of hydrogen-bond donors (Lipinski definition) is 2. The molecule has 3 nitrogen and oxygen atoms in total. The Kier molecular flexibility index (Phi) is 8.06. The van der Waals surface area contributed by atoms with Crippen molar-refractivity contribution >= 4 is 58.6 Å². The van der Waals surface area contributed by atoms with Crippen LogP contribution in [0.1, 0.15) is 17.4 Å². The molecule has 1 aromatic carbocycles. The van der Waals surface area contributed by atoms with Gasteiger partial charge in [-0.1, -0.05) is 30.7 Å². The number of hydrogen-bond acceptors (Lipinski definition) is 2. The van der Waals surface area contributed by atoms with Gasteiger partial charge in [0.25, 0.3) is 0 Å². The van der Waals surface area contributed by atoms with Gasteiger partial charge in [0, 0.05) is 23.5 Å². The molecule has 2 aromatic rings.